The average molecular weight is 283 g/mol. The van der Waals surface area contributed by atoms with Crippen molar-refractivity contribution in [2.24, 2.45) is 0 Å². The number of benzene rings is 1. The van der Waals surface area contributed by atoms with E-state index in [0.717, 1.165) is 5.69 Å². The molecule has 0 bridgehead atoms. The number of carboxylic acids is 1. The van der Waals surface area contributed by atoms with Crippen molar-refractivity contribution < 1.29 is 14.7 Å². The Morgan fingerprint density at radius 1 is 1.11 bits per heavy atom. The largest absolute Gasteiger partial charge is 0.481 e. The first-order valence-electron chi connectivity index (χ1n) is 6.06. The summed E-state index contributed by atoms with van der Waals surface area (Å²) < 4.78 is 0. The topological polar surface area (TPSA) is 60.9 Å². The van der Waals surface area contributed by atoms with Crippen molar-refractivity contribution in [2.75, 3.05) is 31.1 Å². The van der Waals surface area contributed by atoms with E-state index in [1.807, 2.05) is 24.3 Å². The van der Waals surface area contributed by atoms with E-state index in [9.17, 15) is 9.59 Å². The molecule has 2 rings (SSSR count). The SMILES string of the molecule is O=C(O)CC(=O)N1CCN(c2ccc(Cl)cc2)CC1. The van der Waals surface area contributed by atoms with Crippen LogP contribution in [-0.2, 0) is 9.59 Å². The third kappa shape index (κ3) is 3.61. The number of carbonyl (C=O) groups is 2. The first kappa shape index (κ1) is 13.7. The van der Waals surface area contributed by atoms with Crippen LogP contribution in [0, 0.1) is 0 Å². The molecule has 19 heavy (non-hydrogen) atoms. The zero-order chi connectivity index (χ0) is 13.8. The van der Waals surface area contributed by atoms with Gasteiger partial charge in [0.15, 0.2) is 0 Å². The molecule has 1 aliphatic heterocycles. The van der Waals surface area contributed by atoms with Gasteiger partial charge in [-0.1, -0.05) is 11.6 Å². The van der Waals surface area contributed by atoms with Crippen molar-refractivity contribution >= 4 is 29.2 Å². The fourth-order valence-electron chi connectivity index (χ4n) is 2.11. The molecular formula is C13H15ClN2O3. The van der Waals surface area contributed by atoms with Crippen LogP contribution in [0.5, 0.6) is 0 Å². The normalized spacial score (nSPS) is 15.4. The quantitative estimate of drug-likeness (QED) is 0.853. The van der Waals surface area contributed by atoms with E-state index in [4.69, 9.17) is 16.7 Å². The summed E-state index contributed by atoms with van der Waals surface area (Å²) in [5, 5.41) is 9.29. The van der Waals surface area contributed by atoms with Gasteiger partial charge in [0.05, 0.1) is 0 Å². The van der Waals surface area contributed by atoms with Crippen molar-refractivity contribution in [3.63, 3.8) is 0 Å². The number of carboxylic acid groups (broad SMARTS) is 1. The Morgan fingerprint density at radius 2 is 1.68 bits per heavy atom. The second-order valence-electron chi connectivity index (χ2n) is 4.41. The molecule has 1 aromatic carbocycles. The van der Waals surface area contributed by atoms with Gasteiger partial charge in [-0.05, 0) is 24.3 Å². The second-order valence-corrected chi connectivity index (χ2v) is 4.85. The van der Waals surface area contributed by atoms with Gasteiger partial charge >= 0.3 is 5.97 Å². The molecule has 1 aromatic rings. The summed E-state index contributed by atoms with van der Waals surface area (Å²) in [5.41, 5.74) is 1.06. The molecule has 102 valence electrons. The number of carbonyl (C=O) groups excluding carboxylic acids is 1. The van der Waals surface area contributed by atoms with Crippen molar-refractivity contribution in [2.45, 2.75) is 6.42 Å². The van der Waals surface area contributed by atoms with Crippen LogP contribution in [0.2, 0.25) is 5.02 Å². The average Bonchev–Trinajstić information content (AvgIpc) is 2.39. The first-order valence-corrected chi connectivity index (χ1v) is 6.44. The molecule has 1 amide bonds. The number of aliphatic carboxylic acids is 1. The van der Waals surface area contributed by atoms with Crippen LogP contribution in [0.25, 0.3) is 0 Å². The predicted molar refractivity (Wildman–Crippen MR) is 72.5 cm³/mol. The smallest absolute Gasteiger partial charge is 0.312 e. The molecule has 0 aromatic heterocycles. The van der Waals surface area contributed by atoms with Gasteiger partial charge in [-0.2, -0.15) is 0 Å². The summed E-state index contributed by atoms with van der Waals surface area (Å²) in [4.78, 5) is 25.9. The van der Waals surface area contributed by atoms with Crippen molar-refractivity contribution in [1.29, 1.82) is 0 Å². The minimum absolute atomic E-state index is 0.316. The first-order chi connectivity index (χ1) is 9.06. The molecule has 6 heteroatoms. The lowest BCUT2D eigenvalue weighted by molar-refractivity contribution is -0.144. The molecule has 1 saturated heterocycles. The van der Waals surface area contributed by atoms with Crippen molar-refractivity contribution in [3.8, 4) is 0 Å². The zero-order valence-electron chi connectivity index (χ0n) is 10.4. The molecule has 1 fully saturated rings. The number of halogens is 1. The van der Waals surface area contributed by atoms with Crippen LogP contribution < -0.4 is 4.90 Å². The van der Waals surface area contributed by atoms with E-state index in [-0.39, 0.29) is 5.91 Å². The molecule has 5 nitrogen and oxygen atoms in total. The third-order valence-corrected chi connectivity index (χ3v) is 3.38. The maximum Gasteiger partial charge on any atom is 0.312 e. The lowest BCUT2D eigenvalue weighted by atomic mass is 10.2. The summed E-state index contributed by atoms with van der Waals surface area (Å²) in [6.45, 7) is 2.50. The van der Waals surface area contributed by atoms with E-state index in [1.54, 1.807) is 4.90 Å². The molecule has 0 saturated carbocycles. The van der Waals surface area contributed by atoms with Gasteiger partial charge in [0, 0.05) is 36.9 Å². The van der Waals surface area contributed by atoms with E-state index in [0.29, 0.717) is 31.2 Å². The standard InChI is InChI=1S/C13H15ClN2O3/c14-10-1-3-11(4-2-10)15-5-7-16(8-6-15)12(17)9-13(18)19/h1-4H,5-9H2,(H,18,19). The number of rotatable bonds is 3. The lowest BCUT2D eigenvalue weighted by Crippen LogP contribution is -2.49. The Morgan fingerprint density at radius 3 is 2.21 bits per heavy atom. The highest BCUT2D eigenvalue weighted by molar-refractivity contribution is 6.30. The summed E-state index contributed by atoms with van der Waals surface area (Å²) >= 11 is 5.84. The van der Waals surface area contributed by atoms with Crippen molar-refractivity contribution in [1.82, 2.24) is 4.90 Å². The lowest BCUT2D eigenvalue weighted by Gasteiger charge is -2.36. The number of amides is 1. The van der Waals surface area contributed by atoms with E-state index in [1.165, 1.54) is 0 Å². The number of anilines is 1. The highest BCUT2D eigenvalue weighted by atomic mass is 35.5. The minimum atomic E-state index is -1.08. The Bertz CT molecular complexity index is 467. The maximum atomic E-state index is 11.6. The van der Waals surface area contributed by atoms with Crippen LogP contribution in [0.15, 0.2) is 24.3 Å². The van der Waals surface area contributed by atoms with E-state index < -0.39 is 12.4 Å². The molecular weight excluding hydrogens is 268 g/mol. The molecule has 0 radical (unpaired) electrons. The predicted octanol–water partition coefficient (Wildman–Crippen LogP) is 1.46. The molecule has 1 aliphatic rings. The Hall–Kier alpha value is -1.75. The fraction of sp³-hybridized carbons (Fsp3) is 0.385. The van der Waals surface area contributed by atoms with Crippen LogP contribution in [-0.4, -0.2) is 48.1 Å². The van der Waals surface area contributed by atoms with Crippen LogP contribution >= 0.6 is 11.6 Å². The maximum absolute atomic E-state index is 11.6. The molecule has 0 spiro atoms. The van der Waals surface area contributed by atoms with Crippen LogP contribution in [0.3, 0.4) is 0 Å². The summed E-state index contributed by atoms with van der Waals surface area (Å²) in [6, 6.07) is 7.55. The monoisotopic (exact) mass is 282 g/mol. The number of piperazine rings is 1. The fourth-order valence-corrected chi connectivity index (χ4v) is 2.23. The second kappa shape index (κ2) is 5.93. The summed E-state index contributed by atoms with van der Waals surface area (Å²) in [5.74, 6) is -1.40. The van der Waals surface area contributed by atoms with Gasteiger partial charge in [-0.15, -0.1) is 0 Å². The molecule has 0 atom stereocenters. The minimum Gasteiger partial charge on any atom is -0.481 e. The highest BCUT2D eigenvalue weighted by Gasteiger charge is 2.22. The Labute approximate surface area is 116 Å². The van der Waals surface area contributed by atoms with Gasteiger partial charge in [-0.25, -0.2) is 0 Å². The Kier molecular flexibility index (Phi) is 4.27. The molecule has 1 heterocycles. The van der Waals surface area contributed by atoms with Gasteiger partial charge in [0.25, 0.3) is 0 Å². The third-order valence-electron chi connectivity index (χ3n) is 3.13. The van der Waals surface area contributed by atoms with Gasteiger partial charge in [0.2, 0.25) is 5.91 Å². The van der Waals surface area contributed by atoms with Gasteiger partial charge in [-0.3, -0.25) is 9.59 Å². The number of hydrogen-bond acceptors (Lipinski definition) is 3. The molecule has 0 aliphatic carbocycles. The molecule has 0 unspecified atom stereocenters. The van der Waals surface area contributed by atoms with Crippen molar-refractivity contribution in [3.05, 3.63) is 29.3 Å². The number of nitrogens with zero attached hydrogens (tertiary/aromatic N) is 2. The van der Waals surface area contributed by atoms with Gasteiger partial charge in [0.1, 0.15) is 6.42 Å². The van der Waals surface area contributed by atoms with Gasteiger partial charge < -0.3 is 14.9 Å². The van der Waals surface area contributed by atoms with Crippen LogP contribution in [0.1, 0.15) is 6.42 Å². The highest BCUT2D eigenvalue weighted by Crippen LogP contribution is 2.19. The summed E-state index contributed by atoms with van der Waals surface area (Å²) in [7, 11) is 0. The Balaban J connectivity index is 1.90. The van der Waals surface area contributed by atoms with E-state index in [2.05, 4.69) is 4.90 Å². The van der Waals surface area contributed by atoms with E-state index >= 15 is 0 Å². The number of hydrogen-bond donors (Lipinski definition) is 1. The zero-order valence-corrected chi connectivity index (χ0v) is 11.1. The summed E-state index contributed by atoms with van der Waals surface area (Å²) in [6.07, 6.45) is -0.430. The van der Waals surface area contributed by atoms with Crippen LogP contribution in [0.4, 0.5) is 5.69 Å². The molecule has 1 N–H and O–H groups in total.